The molecule has 0 N–H and O–H groups in total. The lowest BCUT2D eigenvalue weighted by atomic mass is 10.2. The highest BCUT2D eigenvalue weighted by atomic mass is 35.5. The topological polar surface area (TPSA) is 65.7 Å². The normalized spacial score (nSPS) is 10.6. The lowest BCUT2D eigenvalue weighted by Gasteiger charge is -2.06. The second kappa shape index (κ2) is 5.88. The molecule has 106 valence electrons. The summed E-state index contributed by atoms with van der Waals surface area (Å²) in [5, 5.41) is 4.11. The van der Waals surface area contributed by atoms with Gasteiger partial charge in [0.2, 0.25) is 5.28 Å². The Kier molecular flexibility index (Phi) is 3.79. The summed E-state index contributed by atoms with van der Waals surface area (Å²) >= 11 is 5.91. The van der Waals surface area contributed by atoms with Gasteiger partial charge in [0, 0.05) is 12.4 Å². The first-order valence-electron chi connectivity index (χ1n) is 6.43. The van der Waals surface area contributed by atoms with Crippen LogP contribution in [-0.4, -0.2) is 24.7 Å². The fourth-order valence-electron chi connectivity index (χ4n) is 1.79. The summed E-state index contributed by atoms with van der Waals surface area (Å²) in [4.78, 5) is 12.2. The highest BCUT2D eigenvalue weighted by Crippen LogP contribution is 2.20. The number of nitrogens with zero attached hydrogens (tertiary/aromatic N) is 5. The number of hydrogen-bond donors (Lipinski definition) is 0. The summed E-state index contributed by atoms with van der Waals surface area (Å²) in [7, 11) is 0. The molecule has 0 aliphatic carbocycles. The number of rotatable bonds is 4. The molecule has 0 bridgehead atoms. The van der Waals surface area contributed by atoms with Gasteiger partial charge < -0.3 is 4.74 Å². The zero-order valence-electron chi connectivity index (χ0n) is 11.3. The molecule has 0 saturated carbocycles. The number of benzene rings is 1. The van der Waals surface area contributed by atoms with Crippen molar-refractivity contribution in [1.82, 2.24) is 24.7 Å². The molecule has 21 heavy (non-hydrogen) atoms. The summed E-state index contributed by atoms with van der Waals surface area (Å²) in [6.07, 6.45) is 4.27. The van der Waals surface area contributed by atoms with Gasteiger partial charge in [-0.05, 0) is 41.8 Å². The van der Waals surface area contributed by atoms with E-state index in [1.165, 1.54) is 10.2 Å². The minimum atomic E-state index is 0.0529. The number of aromatic nitrogens is 5. The molecule has 0 unspecified atom stereocenters. The lowest BCUT2D eigenvalue weighted by molar-refractivity contribution is 0.437. The molecule has 0 radical (unpaired) electrons. The summed E-state index contributed by atoms with van der Waals surface area (Å²) in [6, 6.07) is 9.63. The standard InChI is InChI=1S/C14H12ClN5O/c1-2-10-5-3-6-11(9-10)21-14-18-12(15)17-13(19-14)20-8-4-7-16-20/h3-9H,2H2,1H3. The monoisotopic (exact) mass is 301 g/mol. The van der Waals surface area contributed by atoms with Crippen molar-refractivity contribution in [2.45, 2.75) is 13.3 Å². The van der Waals surface area contributed by atoms with Crippen LogP contribution in [0.25, 0.3) is 5.95 Å². The number of aryl methyl sites for hydroxylation is 1. The van der Waals surface area contributed by atoms with Crippen molar-refractivity contribution in [3.05, 3.63) is 53.6 Å². The van der Waals surface area contributed by atoms with Crippen molar-refractivity contribution in [1.29, 1.82) is 0 Å². The van der Waals surface area contributed by atoms with E-state index in [-0.39, 0.29) is 11.3 Å². The number of hydrogen-bond acceptors (Lipinski definition) is 5. The van der Waals surface area contributed by atoms with E-state index in [0.29, 0.717) is 11.7 Å². The minimum Gasteiger partial charge on any atom is -0.424 e. The van der Waals surface area contributed by atoms with Crippen LogP contribution in [0.3, 0.4) is 0 Å². The Morgan fingerprint density at radius 2 is 2.10 bits per heavy atom. The van der Waals surface area contributed by atoms with Gasteiger partial charge in [-0.25, -0.2) is 4.68 Å². The van der Waals surface area contributed by atoms with Gasteiger partial charge in [0.25, 0.3) is 5.95 Å². The zero-order valence-corrected chi connectivity index (χ0v) is 12.0. The van der Waals surface area contributed by atoms with E-state index in [0.717, 1.165) is 6.42 Å². The van der Waals surface area contributed by atoms with Gasteiger partial charge in [-0.15, -0.1) is 0 Å². The largest absolute Gasteiger partial charge is 0.424 e. The Morgan fingerprint density at radius 1 is 1.19 bits per heavy atom. The first-order valence-corrected chi connectivity index (χ1v) is 6.81. The molecule has 0 saturated heterocycles. The van der Waals surface area contributed by atoms with E-state index in [2.05, 4.69) is 27.0 Å². The second-order valence-electron chi connectivity index (χ2n) is 4.24. The average molecular weight is 302 g/mol. The first-order chi connectivity index (χ1) is 10.2. The molecule has 0 spiro atoms. The molecule has 3 aromatic rings. The van der Waals surface area contributed by atoms with Crippen molar-refractivity contribution < 1.29 is 4.74 Å². The molecule has 0 amide bonds. The molecule has 0 fully saturated rings. The van der Waals surface area contributed by atoms with E-state index in [1.54, 1.807) is 18.5 Å². The van der Waals surface area contributed by atoms with E-state index >= 15 is 0 Å². The van der Waals surface area contributed by atoms with E-state index in [1.807, 2.05) is 24.3 Å². The minimum absolute atomic E-state index is 0.0529. The van der Waals surface area contributed by atoms with Gasteiger partial charge in [0.15, 0.2) is 0 Å². The maximum absolute atomic E-state index is 5.91. The highest BCUT2D eigenvalue weighted by molar-refractivity contribution is 6.28. The van der Waals surface area contributed by atoms with E-state index < -0.39 is 0 Å². The van der Waals surface area contributed by atoms with Crippen LogP contribution in [0.15, 0.2) is 42.7 Å². The van der Waals surface area contributed by atoms with Gasteiger partial charge in [-0.3, -0.25) is 0 Å². The molecule has 0 aliphatic heterocycles. The maximum atomic E-state index is 5.91. The number of halogens is 1. The maximum Gasteiger partial charge on any atom is 0.328 e. The lowest BCUT2D eigenvalue weighted by Crippen LogP contribution is -2.05. The van der Waals surface area contributed by atoms with Gasteiger partial charge in [-0.2, -0.15) is 20.1 Å². The molecule has 1 aromatic carbocycles. The van der Waals surface area contributed by atoms with Crippen LogP contribution < -0.4 is 4.74 Å². The average Bonchev–Trinajstić information content (AvgIpc) is 3.01. The Labute approximate surface area is 126 Å². The van der Waals surface area contributed by atoms with Crippen LogP contribution in [0.4, 0.5) is 0 Å². The first kappa shape index (κ1) is 13.5. The van der Waals surface area contributed by atoms with Crippen LogP contribution in [0.1, 0.15) is 12.5 Å². The second-order valence-corrected chi connectivity index (χ2v) is 4.58. The van der Waals surface area contributed by atoms with Crippen molar-refractivity contribution in [2.24, 2.45) is 0 Å². The third-order valence-corrected chi connectivity index (χ3v) is 2.97. The summed E-state index contributed by atoms with van der Waals surface area (Å²) < 4.78 is 7.14. The van der Waals surface area contributed by atoms with Crippen molar-refractivity contribution in [3.8, 4) is 17.7 Å². The predicted molar refractivity (Wildman–Crippen MR) is 77.9 cm³/mol. The molecular formula is C14H12ClN5O. The van der Waals surface area contributed by atoms with Crippen LogP contribution in [-0.2, 0) is 6.42 Å². The Balaban J connectivity index is 1.91. The molecule has 7 heteroatoms. The Hall–Kier alpha value is -2.47. The van der Waals surface area contributed by atoms with Crippen LogP contribution >= 0.6 is 11.6 Å². The molecule has 0 aliphatic rings. The summed E-state index contributed by atoms with van der Waals surface area (Å²) in [5.74, 6) is 0.963. The van der Waals surface area contributed by atoms with Crippen molar-refractivity contribution >= 4 is 11.6 Å². The Bertz CT molecular complexity index is 745. The van der Waals surface area contributed by atoms with Crippen LogP contribution in [0, 0.1) is 0 Å². The molecule has 6 nitrogen and oxygen atoms in total. The molecular weight excluding hydrogens is 290 g/mol. The van der Waals surface area contributed by atoms with Crippen molar-refractivity contribution in [2.75, 3.05) is 0 Å². The molecule has 2 aromatic heterocycles. The van der Waals surface area contributed by atoms with Gasteiger partial charge in [0.05, 0.1) is 0 Å². The molecule has 2 heterocycles. The third-order valence-electron chi connectivity index (χ3n) is 2.80. The van der Waals surface area contributed by atoms with Gasteiger partial charge >= 0.3 is 6.01 Å². The quantitative estimate of drug-likeness (QED) is 0.741. The zero-order chi connectivity index (χ0) is 14.7. The summed E-state index contributed by atoms with van der Waals surface area (Å²) in [6.45, 7) is 2.08. The molecule has 0 atom stereocenters. The van der Waals surface area contributed by atoms with Crippen molar-refractivity contribution in [3.63, 3.8) is 0 Å². The van der Waals surface area contributed by atoms with Crippen LogP contribution in [0.2, 0.25) is 5.28 Å². The smallest absolute Gasteiger partial charge is 0.328 e. The SMILES string of the molecule is CCc1cccc(Oc2nc(Cl)nc(-n3cccn3)n2)c1. The van der Waals surface area contributed by atoms with E-state index in [4.69, 9.17) is 16.3 Å². The number of ether oxygens (including phenoxy) is 1. The van der Waals surface area contributed by atoms with Crippen LogP contribution in [0.5, 0.6) is 11.8 Å². The van der Waals surface area contributed by atoms with Gasteiger partial charge in [-0.1, -0.05) is 19.1 Å². The highest BCUT2D eigenvalue weighted by Gasteiger charge is 2.09. The fourth-order valence-corrected chi connectivity index (χ4v) is 1.94. The van der Waals surface area contributed by atoms with E-state index in [9.17, 15) is 0 Å². The Morgan fingerprint density at radius 3 is 2.86 bits per heavy atom. The third kappa shape index (κ3) is 3.17. The molecule has 3 rings (SSSR count). The predicted octanol–water partition coefficient (Wildman–Crippen LogP) is 3.07. The van der Waals surface area contributed by atoms with Gasteiger partial charge in [0.1, 0.15) is 5.75 Å². The summed E-state index contributed by atoms with van der Waals surface area (Å²) in [5.41, 5.74) is 1.17. The fraction of sp³-hybridized carbons (Fsp3) is 0.143.